The Bertz CT molecular complexity index is 675. The third-order valence-electron chi connectivity index (χ3n) is 7.33. The second-order valence-electron chi connectivity index (χ2n) is 9.63. The number of rotatable bonds is 6. The number of carbonyl (C=O) groups is 1. The minimum absolute atomic E-state index is 0.0970. The smallest absolute Gasteiger partial charge is 0.251 e. The summed E-state index contributed by atoms with van der Waals surface area (Å²) >= 11 is 0. The van der Waals surface area contributed by atoms with Crippen LogP contribution in [0.25, 0.3) is 0 Å². The van der Waals surface area contributed by atoms with Gasteiger partial charge in [0.25, 0.3) is 5.91 Å². The summed E-state index contributed by atoms with van der Waals surface area (Å²) in [6.45, 7) is 7.39. The highest BCUT2D eigenvalue weighted by Gasteiger charge is 2.36. The van der Waals surface area contributed by atoms with Crippen LogP contribution >= 0.6 is 0 Å². The zero-order valence-corrected chi connectivity index (χ0v) is 17.8. The predicted octanol–water partition coefficient (Wildman–Crippen LogP) is 4.01. The lowest BCUT2D eigenvalue weighted by molar-refractivity contribution is -0.0228. The fraction of sp³-hybridized carbons (Fsp3) is 0.708. The maximum atomic E-state index is 12.7. The molecule has 4 N–H and O–H groups in total. The van der Waals surface area contributed by atoms with Gasteiger partial charge < -0.3 is 16.2 Å². The van der Waals surface area contributed by atoms with E-state index in [0.29, 0.717) is 30.5 Å². The molecule has 0 aromatic heterocycles. The van der Waals surface area contributed by atoms with Gasteiger partial charge in [-0.05, 0) is 105 Å². The van der Waals surface area contributed by atoms with Crippen LogP contribution in [0.1, 0.15) is 86.7 Å². The third-order valence-corrected chi connectivity index (χ3v) is 7.33. The van der Waals surface area contributed by atoms with E-state index in [-0.39, 0.29) is 11.8 Å². The van der Waals surface area contributed by atoms with Crippen molar-refractivity contribution in [2.45, 2.75) is 77.2 Å². The lowest BCUT2D eigenvalue weighted by atomic mass is 9.71. The van der Waals surface area contributed by atoms with Gasteiger partial charge in [0.1, 0.15) is 0 Å². The fourth-order valence-electron chi connectivity index (χ4n) is 5.20. The molecule has 0 spiro atoms. The Morgan fingerprint density at radius 1 is 1.25 bits per heavy atom. The molecule has 3 rings (SSSR count). The minimum Gasteiger partial charge on any atom is -0.388 e. The topological polar surface area (TPSA) is 75.3 Å². The number of nitrogens with two attached hydrogens (primary N) is 1. The van der Waals surface area contributed by atoms with E-state index in [0.717, 1.165) is 31.6 Å². The van der Waals surface area contributed by atoms with E-state index < -0.39 is 5.60 Å². The quantitative estimate of drug-likeness (QED) is 0.691. The second kappa shape index (κ2) is 8.96. The largest absolute Gasteiger partial charge is 0.388 e. The molecule has 1 fully saturated rings. The summed E-state index contributed by atoms with van der Waals surface area (Å²) in [5.74, 6) is 2.00. The van der Waals surface area contributed by atoms with Crippen LogP contribution < -0.4 is 11.1 Å². The van der Waals surface area contributed by atoms with Crippen molar-refractivity contribution in [2.24, 2.45) is 23.5 Å². The molecule has 0 radical (unpaired) electrons. The van der Waals surface area contributed by atoms with Crippen molar-refractivity contribution in [3.8, 4) is 0 Å². The average molecular weight is 387 g/mol. The lowest BCUT2D eigenvalue weighted by Crippen LogP contribution is -2.47. The van der Waals surface area contributed by atoms with E-state index in [1.165, 1.54) is 30.4 Å². The maximum Gasteiger partial charge on any atom is 0.251 e. The number of amides is 1. The molecule has 4 heteroatoms. The molecule has 2 aliphatic rings. The SMILES string of the molecule is CC(C)C1CCC(C(C)(O)CNC(=O)c2ccc3c(c2)C(CN)CCC3)CC1. The van der Waals surface area contributed by atoms with Crippen molar-refractivity contribution < 1.29 is 9.90 Å². The number of carbonyl (C=O) groups excluding carboxylic acids is 1. The van der Waals surface area contributed by atoms with Crippen molar-refractivity contribution in [1.29, 1.82) is 0 Å². The Labute approximate surface area is 170 Å². The van der Waals surface area contributed by atoms with Gasteiger partial charge in [-0.3, -0.25) is 4.79 Å². The molecule has 2 aliphatic carbocycles. The molecular weight excluding hydrogens is 348 g/mol. The number of aliphatic hydroxyl groups is 1. The molecule has 0 saturated heterocycles. The Hall–Kier alpha value is -1.39. The van der Waals surface area contributed by atoms with Crippen molar-refractivity contribution in [2.75, 3.05) is 13.1 Å². The highest BCUT2D eigenvalue weighted by molar-refractivity contribution is 5.94. The molecular formula is C24H38N2O2. The number of fused-ring (bicyclic) bond motifs is 1. The van der Waals surface area contributed by atoms with Crippen LogP contribution in [0.15, 0.2) is 18.2 Å². The molecule has 0 bridgehead atoms. The fourth-order valence-corrected chi connectivity index (χ4v) is 5.20. The normalized spacial score (nSPS) is 27.1. The van der Waals surface area contributed by atoms with Gasteiger partial charge in [0.15, 0.2) is 0 Å². The second-order valence-corrected chi connectivity index (χ2v) is 9.63. The van der Waals surface area contributed by atoms with Crippen LogP contribution in [-0.4, -0.2) is 29.7 Å². The summed E-state index contributed by atoms with van der Waals surface area (Å²) < 4.78 is 0. The molecule has 2 atom stereocenters. The standard InChI is InChI=1S/C24H38N2O2/c1-16(2)17-9-11-21(12-10-17)24(3,28)15-26-23(27)19-8-7-18-5-4-6-20(14-25)22(18)13-19/h7-8,13,16-17,20-21,28H,4-6,9-12,14-15,25H2,1-3H3,(H,26,27). The highest BCUT2D eigenvalue weighted by Crippen LogP contribution is 2.38. The zero-order valence-electron chi connectivity index (χ0n) is 17.8. The van der Waals surface area contributed by atoms with Gasteiger partial charge in [-0.25, -0.2) is 0 Å². The van der Waals surface area contributed by atoms with E-state index in [1.54, 1.807) is 0 Å². The van der Waals surface area contributed by atoms with E-state index in [9.17, 15) is 9.90 Å². The van der Waals surface area contributed by atoms with E-state index in [1.807, 2.05) is 19.1 Å². The van der Waals surface area contributed by atoms with Crippen molar-refractivity contribution in [3.05, 3.63) is 34.9 Å². The molecule has 4 nitrogen and oxygen atoms in total. The average Bonchev–Trinajstić information content (AvgIpc) is 2.71. The lowest BCUT2D eigenvalue weighted by Gasteiger charge is -2.39. The van der Waals surface area contributed by atoms with Gasteiger partial charge in [0.05, 0.1) is 5.60 Å². The monoisotopic (exact) mass is 386 g/mol. The molecule has 0 heterocycles. The first-order valence-corrected chi connectivity index (χ1v) is 11.1. The molecule has 28 heavy (non-hydrogen) atoms. The zero-order chi connectivity index (χ0) is 20.3. The van der Waals surface area contributed by atoms with Crippen LogP contribution in [-0.2, 0) is 6.42 Å². The molecule has 2 unspecified atom stereocenters. The minimum atomic E-state index is -0.856. The van der Waals surface area contributed by atoms with E-state index in [4.69, 9.17) is 5.73 Å². The van der Waals surface area contributed by atoms with Crippen molar-refractivity contribution in [1.82, 2.24) is 5.32 Å². The van der Waals surface area contributed by atoms with Crippen LogP contribution in [0, 0.1) is 17.8 Å². The number of hydrogen-bond acceptors (Lipinski definition) is 3. The van der Waals surface area contributed by atoms with E-state index >= 15 is 0 Å². The van der Waals surface area contributed by atoms with Crippen LogP contribution in [0.2, 0.25) is 0 Å². The van der Waals surface area contributed by atoms with E-state index in [2.05, 4.69) is 25.2 Å². The van der Waals surface area contributed by atoms with Crippen LogP contribution in [0.5, 0.6) is 0 Å². The number of benzene rings is 1. The first kappa shape index (κ1) is 21.3. The number of aryl methyl sites for hydroxylation is 1. The van der Waals surface area contributed by atoms with Crippen LogP contribution in [0.4, 0.5) is 0 Å². The predicted molar refractivity (Wildman–Crippen MR) is 114 cm³/mol. The number of nitrogens with one attached hydrogen (secondary N) is 1. The van der Waals surface area contributed by atoms with Gasteiger partial charge >= 0.3 is 0 Å². The van der Waals surface area contributed by atoms with Crippen molar-refractivity contribution in [3.63, 3.8) is 0 Å². The Morgan fingerprint density at radius 2 is 1.96 bits per heavy atom. The first-order valence-electron chi connectivity index (χ1n) is 11.1. The third kappa shape index (κ3) is 4.77. The molecule has 1 aromatic rings. The molecule has 1 aromatic carbocycles. The number of hydrogen-bond donors (Lipinski definition) is 3. The summed E-state index contributed by atoms with van der Waals surface area (Å²) in [7, 11) is 0. The summed E-state index contributed by atoms with van der Waals surface area (Å²) in [5.41, 5.74) is 8.32. The highest BCUT2D eigenvalue weighted by atomic mass is 16.3. The Kier molecular flexibility index (Phi) is 6.82. The summed E-state index contributed by atoms with van der Waals surface area (Å²) in [6, 6.07) is 6.01. The molecule has 156 valence electrons. The van der Waals surface area contributed by atoms with Gasteiger partial charge in [-0.1, -0.05) is 19.9 Å². The Morgan fingerprint density at radius 3 is 2.61 bits per heavy atom. The Balaban J connectivity index is 1.59. The van der Waals surface area contributed by atoms with Gasteiger partial charge in [0.2, 0.25) is 0 Å². The van der Waals surface area contributed by atoms with Crippen molar-refractivity contribution >= 4 is 5.91 Å². The summed E-state index contributed by atoms with van der Waals surface area (Å²) in [6.07, 6.45) is 7.78. The summed E-state index contributed by atoms with van der Waals surface area (Å²) in [4.78, 5) is 12.7. The van der Waals surface area contributed by atoms with Gasteiger partial charge in [0, 0.05) is 12.1 Å². The van der Waals surface area contributed by atoms with Crippen LogP contribution in [0.3, 0.4) is 0 Å². The molecule has 0 aliphatic heterocycles. The first-order chi connectivity index (χ1) is 13.3. The maximum absolute atomic E-state index is 12.7. The van der Waals surface area contributed by atoms with Gasteiger partial charge in [-0.15, -0.1) is 0 Å². The molecule has 1 amide bonds. The molecule has 1 saturated carbocycles. The van der Waals surface area contributed by atoms with Gasteiger partial charge in [-0.2, -0.15) is 0 Å². The summed E-state index contributed by atoms with van der Waals surface area (Å²) in [5, 5.41) is 14.0.